The minimum absolute atomic E-state index is 0.159. The molecule has 0 radical (unpaired) electrons. The number of nitro benzene ring substituents is 1. The molecule has 1 N–H and O–H groups in total. The third-order valence-electron chi connectivity index (χ3n) is 3.28. The van der Waals surface area contributed by atoms with Gasteiger partial charge in [-0.1, -0.05) is 0 Å². The van der Waals surface area contributed by atoms with E-state index in [1.807, 2.05) is 4.90 Å². The van der Waals surface area contributed by atoms with Gasteiger partial charge in [0, 0.05) is 6.54 Å². The maximum Gasteiger partial charge on any atom is 0.295 e. The fourth-order valence-corrected chi connectivity index (χ4v) is 2.45. The van der Waals surface area contributed by atoms with Crippen LogP contribution >= 0.6 is 0 Å². The van der Waals surface area contributed by atoms with Crippen LogP contribution in [-0.2, 0) is 4.74 Å². The summed E-state index contributed by atoms with van der Waals surface area (Å²) >= 11 is 0. The van der Waals surface area contributed by atoms with Crippen molar-refractivity contribution < 1.29 is 19.2 Å². The Balaban J connectivity index is 2.34. The molecular formula is C13H17FN2O4. The summed E-state index contributed by atoms with van der Waals surface area (Å²) in [5.74, 6) is -0.638. The van der Waals surface area contributed by atoms with Gasteiger partial charge in [-0.15, -0.1) is 0 Å². The van der Waals surface area contributed by atoms with Crippen LogP contribution in [0.1, 0.15) is 13.3 Å². The number of hydrogen-bond acceptors (Lipinski definition) is 5. The Morgan fingerprint density at radius 1 is 1.65 bits per heavy atom. The van der Waals surface area contributed by atoms with Gasteiger partial charge < -0.3 is 14.7 Å². The van der Waals surface area contributed by atoms with Gasteiger partial charge >= 0.3 is 0 Å². The number of aliphatic hydroxyl groups excluding tert-OH is 1. The Morgan fingerprint density at radius 3 is 3.05 bits per heavy atom. The molecule has 1 fully saturated rings. The molecule has 20 heavy (non-hydrogen) atoms. The van der Waals surface area contributed by atoms with Gasteiger partial charge in [0.15, 0.2) is 0 Å². The highest BCUT2D eigenvalue weighted by Crippen LogP contribution is 2.32. The molecule has 1 aromatic rings. The number of anilines is 1. The Bertz CT molecular complexity index is 495. The molecule has 0 aromatic heterocycles. The van der Waals surface area contributed by atoms with E-state index in [0.717, 1.165) is 6.07 Å². The molecule has 1 saturated heterocycles. The zero-order valence-corrected chi connectivity index (χ0v) is 11.2. The summed E-state index contributed by atoms with van der Waals surface area (Å²) in [5, 5.41) is 20.6. The minimum atomic E-state index is -0.638. The first-order valence-electron chi connectivity index (χ1n) is 6.45. The predicted octanol–water partition coefficient (Wildman–Crippen LogP) is 1.71. The maximum absolute atomic E-state index is 13.2. The van der Waals surface area contributed by atoms with Gasteiger partial charge in [0.05, 0.1) is 36.3 Å². The average molecular weight is 284 g/mol. The highest BCUT2D eigenvalue weighted by atomic mass is 19.1. The monoisotopic (exact) mass is 284 g/mol. The summed E-state index contributed by atoms with van der Waals surface area (Å²) in [6.45, 7) is 2.97. The number of nitrogens with zero attached hydrogens (tertiary/aromatic N) is 2. The lowest BCUT2D eigenvalue weighted by atomic mass is 10.1. The average Bonchev–Trinajstić information content (AvgIpc) is 2.39. The minimum Gasteiger partial charge on any atom is -0.393 e. The Kier molecular flexibility index (Phi) is 4.51. The van der Waals surface area contributed by atoms with E-state index in [0.29, 0.717) is 31.9 Å². The fraction of sp³-hybridized carbons (Fsp3) is 0.538. The summed E-state index contributed by atoms with van der Waals surface area (Å²) < 4.78 is 18.6. The lowest BCUT2D eigenvalue weighted by Gasteiger charge is -2.37. The second kappa shape index (κ2) is 6.15. The number of hydrogen-bond donors (Lipinski definition) is 1. The van der Waals surface area contributed by atoms with Gasteiger partial charge in [0.25, 0.3) is 5.69 Å². The van der Waals surface area contributed by atoms with Crippen LogP contribution in [0.4, 0.5) is 15.8 Å². The number of morpholine rings is 1. The molecule has 0 saturated carbocycles. The highest BCUT2D eigenvalue weighted by molar-refractivity contribution is 5.64. The first-order chi connectivity index (χ1) is 9.49. The predicted molar refractivity (Wildman–Crippen MR) is 71.3 cm³/mol. The van der Waals surface area contributed by atoms with Crippen LogP contribution < -0.4 is 4.90 Å². The summed E-state index contributed by atoms with van der Waals surface area (Å²) in [4.78, 5) is 12.3. The molecule has 0 aliphatic carbocycles. The summed E-state index contributed by atoms with van der Waals surface area (Å²) in [7, 11) is 0. The Hall–Kier alpha value is -1.73. The van der Waals surface area contributed by atoms with Gasteiger partial charge in [-0.25, -0.2) is 4.39 Å². The molecule has 2 rings (SSSR count). The van der Waals surface area contributed by atoms with E-state index < -0.39 is 16.8 Å². The lowest BCUT2D eigenvalue weighted by molar-refractivity contribution is -0.384. The molecule has 2 unspecified atom stereocenters. The van der Waals surface area contributed by atoms with Gasteiger partial charge in [-0.2, -0.15) is 0 Å². The molecule has 1 aliphatic rings. The third kappa shape index (κ3) is 3.23. The van der Waals surface area contributed by atoms with Gasteiger partial charge in [-0.3, -0.25) is 10.1 Å². The van der Waals surface area contributed by atoms with E-state index in [4.69, 9.17) is 4.74 Å². The molecule has 0 amide bonds. The van der Waals surface area contributed by atoms with Crippen molar-refractivity contribution >= 4 is 11.4 Å². The van der Waals surface area contributed by atoms with Crippen molar-refractivity contribution in [1.82, 2.24) is 0 Å². The van der Waals surface area contributed by atoms with Crippen LogP contribution in [0.25, 0.3) is 0 Å². The molecule has 7 heteroatoms. The molecule has 0 bridgehead atoms. The van der Waals surface area contributed by atoms with Crippen LogP contribution in [0.15, 0.2) is 18.2 Å². The van der Waals surface area contributed by atoms with Crippen molar-refractivity contribution in [1.29, 1.82) is 0 Å². The number of benzene rings is 1. The number of ether oxygens (including phenoxy) is 1. The first kappa shape index (κ1) is 14.7. The van der Waals surface area contributed by atoms with Crippen molar-refractivity contribution in [2.75, 3.05) is 24.7 Å². The Labute approximate surface area is 115 Å². The molecule has 0 spiro atoms. The molecule has 1 heterocycles. The van der Waals surface area contributed by atoms with E-state index in [9.17, 15) is 19.6 Å². The van der Waals surface area contributed by atoms with Crippen LogP contribution in [0.3, 0.4) is 0 Å². The largest absolute Gasteiger partial charge is 0.393 e. The second-order valence-corrected chi connectivity index (χ2v) is 4.90. The molecular weight excluding hydrogens is 267 g/mol. The van der Waals surface area contributed by atoms with Crippen LogP contribution in [0, 0.1) is 15.9 Å². The van der Waals surface area contributed by atoms with E-state index in [1.54, 1.807) is 6.92 Å². The summed E-state index contributed by atoms with van der Waals surface area (Å²) in [6.07, 6.45) is -0.0992. The van der Waals surface area contributed by atoms with Gasteiger partial charge in [0.1, 0.15) is 11.5 Å². The van der Waals surface area contributed by atoms with Gasteiger partial charge in [-0.05, 0) is 25.5 Å². The zero-order chi connectivity index (χ0) is 14.7. The molecule has 110 valence electrons. The number of halogens is 1. The molecule has 2 atom stereocenters. The fourth-order valence-electron chi connectivity index (χ4n) is 2.45. The van der Waals surface area contributed by atoms with Crippen LogP contribution in [0.5, 0.6) is 0 Å². The summed E-state index contributed by atoms with van der Waals surface area (Å²) in [5.41, 5.74) is 0.104. The smallest absolute Gasteiger partial charge is 0.295 e. The van der Waals surface area contributed by atoms with Crippen molar-refractivity contribution in [2.24, 2.45) is 0 Å². The molecule has 1 aliphatic heterocycles. The molecule has 6 nitrogen and oxygen atoms in total. The number of rotatable bonds is 4. The maximum atomic E-state index is 13.2. The van der Waals surface area contributed by atoms with Gasteiger partial charge in [0.2, 0.25) is 0 Å². The lowest BCUT2D eigenvalue weighted by Crippen LogP contribution is -2.47. The number of aliphatic hydroxyl groups is 1. The SMILES string of the molecule is CC(O)CC1COCCN1c1ccc(F)cc1[N+](=O)[O-]. The standard InChI is InChI=1S/C13H17FN2O4/c1-9(17)6-11-8-20-5-4-15(11)12-3-2-10(14)7-13(12)16(18)19/h2-3,7,9,11,17H,4-6,8H2,1H3. The van der Waals surface area contributed by atoms with Crippen molar-refractivity contribution in [3.05, 3.63) is 34.1 Å². The Morgan fingerprint density at radius 2 is 2.40 bits per heavy atom. The van der Waals surface area contributed by atoms with Crippen LogP contribution in [0.2, 0.25) is 0 Å². The third-order valence-corrected chi connectivity index (χ3v) is 3.28. The normalized spacial score (nSPS) is 20.8. The van der Waals surface area contributed by atoms with E-state index in [-0.39, 0.29) is 11.7 Å². The van der Waals surface area contributed by atoms with Crippen molar-refractivity contribution in [2.45, 2.75) is 25.5 Å². The zero-order valence-electron chi connectivity index (χ0n) is 11.2. The highest BCUT2D eigenvalue weighted by Gasteiger charge is 2.29. The van der Waals surface area contributed by atoms with E-state index >= 15 is 0 Å². The summed E-state index contributed by atoms with van der Waals surface area (Å²) in [6, 6.07) is 3.38. The van der Waals surface area contributed by atoms with Crippen LogP contribution in [-0.4, -0.2) is 41.9 Å². The second-order valence-electron chi connectivity index (χ2n) is 4.90. The van der Waals surface area contributed by atoms with E-state index in [2.05, 4.69) is 0 Å². The topological polar surface area (TPSA) is 75.8 Å². The molecule has 1 aromatic carbocycles. The first-order valence-corrected chi connectivity index (χ1v) is 6.45. The quantitative estimate of drug-likeness (QED) is 0.673. The number of nitro groups is 1. The van der Waals surface area contributed by atoms with E-state index in [1.165, 1.54) is 12.1 Å². The van der Waals surface area contributed by atoms with Crippen molar-refractivity contribution in [3.63, 3.8) is 0 Å². The van der Waals surface area contributed by atoms with Crippen molar-refractivity contribution in [3.8, 4) is 0 Å².